The third-order valence-corrected chi connectivity index (χ3v) is 6.36. The van der Waals surface area contributed by atoms with Gasteiger partial charge in [-0.15, -0.1) is 0 Å². The molecule has 0 radical (unpaired) electrons. The van der Waals surface area contributed by atoms with Crippen molar-refractivity contribution in [3.63, 3.8) is 0 Å². The molecule has 4 heterocycles. The van der Waals surface area contributed by atoms with Crippen molar-refractivity contribution >= 4 is 11.9 Å². The molecule has 0 aliphatic carbocycles. The van der Waals surface area contributed by atoms with Gasteiger partial charge in [-0.2, -0.15) is 0 Å². The highest BCUT2D eigenvalue weighted by Crippen LogP contribution is 2.39. The van der Waals surface area contributed by atoms with Crippen molar-refractivity contribution in [3.8, 4) is 0 Å². The Kier molecular flexibility index (Phi) is 4.94. The van der Waals surface area contributed by atoms with Crippen LogP contribution in [0.1, 0.15) is 39.3 Å². The first-order valence-electron chi connectivity index (χ1n) is 10.5. The van der Waals surface area contributed by atoms with Gasteiger partial charge in [0.15, 0.2) is 0 Å². The Hall–Kier alpha value is -3.26. The molecule has 2 aliphatic heterocycles. The van der Waals surface area contributed by atoms with Gasteiger partial charge in [0.05, 0.1) is 42.9 Å². The molecule has 1 aromatic carbocycles. The van der Waals surface area contributed by atoms with Gasteiger partial charge in [-0.1, -0.05) is 18.2 Å². The number of anilines is 1. The zero-order valence-corrected chi connectivity index (χ0v) is 17.8. The van der Waals surface area contributed by atoms with Gasteiger partial charge < -0.3 is 19.5 Å². The van der Waals surface area contributed by atoms with Crippen LogP contribution < -0.4 is 5.32 Å². The summed E-state index contributed by atoms with van der Waals surface area (Å²) in [7, 11) is 1.96. The molecule has 1 unspecified atom stereocenters. The van der Waals surface area contributed by atoms with Gasteiger partial charge in [0.25, 0.3) is 5.91 Å². The second-order valence-electron chi connectivity index (χ2n) is 8.48. The van der Waals surface area contributed by atoms with E-state index < -0.39 is 0 Å². The summed E-state index contributed by atoms with van der Waals surface area (Å²) in [4.78, 5) is 28.6. The Morgan fingerprint density at radius 2 is 2.16 bits per heavy atom. The van der Waals surface area contributed by atoms with E-state index in [-0.39, 0.29) is 11.3 Å². The lowest BCUT2D eigenvalue weighted by atomic mass is 9.80. The number of aryl methyl sites for hydroxylation is 2. The van der Waals surface area contributed by atoms with Crippen molar-refractivity contribution in [2.24, 2.45) is 7.05 Å². The van der Waals surface area contributed by atoms with Crippen LogP contribution in [-0.4, -0.2) is 50.0 Å². The fraction of sp³-hybridized carbons (Fsp3) is 0.391. The predicted octanol–water partition coefficient (Wildman–Crippen LogP) is 2.44. The van der Waals surface area contributed by atoms with Gasteiger partial charge in [0.1, 0.15) is 0 Å². The fourth-order valence-corrected chi connectivity index (χ4v) is 4.55. The number of carbonyl (C=O) groups excluding carboxylic acids is 1. The van der Waals surface area contributed by atoms with Crippen LogP contribution in [0.4, 0.5) is 5.95 Å². The maximum absolute atomic E-state index is 13.2. The highest BCUT2D eigenvalue weighted by atomic mass is 16.5. The smallest absolute Gasteiger partial charge is 0.254 e. The number of nitrogens with one attached hydrogen (secondary N) is 1. The van der Waals surface area contributed by atoms with Crippen molar-refractivity contribution in [2.45, 2.75) is 31.9 Å². The van der Waals surface area contributed by atoms with Crippen molar-refractivity contribution < 1.29 is 9.53 Å². The van der Waals surface area contributed by atoms with E-state index in [1.165, 1.54) is 0 Å². The zero-order chi connectivity index (χ0) is 21.4. The number of nitrogens with zero attached hydrogens (tertiary/aromatic N) is 5. The van der Waals surface area contributed by atoms with E-state index in [1.807, 2.05) is 60.1 Å². The topological polar surface area (TPSA) is 85.2 Å². The number of hydrogen-bond acceptors (Lipinski definition) is 6. The number of hydrogen-bond donors (Lipinski definition) is 1. The largest absolute Gasteiger partial charge is 0.376 e. The fourth-order valence-electron chi connectivity index (χ4n) is 4.55. The van der Waals surface area contributed by atoms with Crippen LogP contribution in [0.3, 0.4) is 0 Å². The molecular formula is C23H26N6O2. The number of ether oxygens (including phenoxy) is 1. The minimum Gasteiger partial charge on any atom is -0.376 e. The van der Waals surface area contributed by atoms with Gasteiger partial charge in [-0.25, -0.2) is 15.0 Å². The van der Waals surface area contributed by atoms with E-state index >= 15 is 0 Å². The van der Waals surface area contributed by atoms with Gasteiger partial charge in [-0.3, -0.25) is 4.79 Å². The third kappa shape index (κ3) is 3.57. The molecule has 8 nitrogen and oxygen atoms in total. The summed E-state index contributed by atoms with van der Waals surface area (Å²) in [5, 5.41) is 3.31. The van der Waals surface area contributed by atoms with Crippen molar-refractivity contribution in [1.82, 2.24) is 24.4 Å². The highest BCUT2D eigenvalue weighted by Gasteiger charge is 2.46. The Bertz CT molecular complexity index is 1130. The van der Waals surface area contributed by atoms with E-state index in [1.54, 1.807) is 6.33 Å². The molecule has 2 aliphatic rings. The minimum atomic E-state index is -0.294. The minimum absolute atomic E-state index is 0.0747. The summed E-state index contributed by atoms with van der Waals surface area (Å²) in [6, 6.07) is 7.75. The summed E-state index contributed by atoms with van der Waals surface area (Å²) in [5.41, 5.74) is 4.52. The Morgan fingerprint density at radius 3 is 2.97 bits per heavy atom. The van der Waals surface area contributed by atoms with Gasteiger partial charge >= 0.3 is 0 Å². The molecule has 1 saturated heterocycles. The molecule has 8 heteroatoms. The van der Waals surface area contributed by atoms with Crippen LogP contribution in [0.15, 0.2) is 43.0 Å². The van der Waals surface area contributed by atoms with Crippen molar-refractivity contribution in [3.05, 3.63) is 71.1 Å². The maximum atomic E-state index is 13.2. The van der Waals surface area contributed by atoms with E-state index in [2.05, 4.69) is 15.3 Å². The molecule has 3 aromatic rings. The predicted molar refractivity (Wildman–Crippen MR) is 116 cm³/mol. The standard InChI is InChI=1S/C23H26N6O2/c1-16-5-3-4-6-19(16)21(30)29-8-7-23(13-29)14-31-12-17-9-25-22(27-20(17)23)26-11-18-10-24-15-28(18)2/h3-6,9-10,15H,7-8,11-14H2,1-2H3,(H,25,26,27). The summed E-state index contributed by atoms with van der Waals surface area (Å²) in [6.45, 7) is 4.94. The molecule has 1 N–H and O–H groups in total. The maximum Gasteiger partial charge on any atom is 0.254 e. The van der Waals surface area contributed by atoms with Crippen LogP contribution in [0.5, 0.6) is 0 Å². The Labute approximate surface area is 181 Å². The molecule has 31 heavy (non-hydrogen) atoms. The van der Waals surface area contributed by atoms with Crippen molar-refractivity contribution in [1.29, 1.82) is 0 Å². The molecule has 1 atom stereocenters. The Balaban J connectivity index is 1.38. The van der Waals surface area contributed by atoms with E-state index in [0.717, 1.165) is 34.5 Å². The van der Waals surface area contributed by atoms with E-state index in [0.29, 0.717) is 38.8 Å². The number of amides is 1. The molecule has 160 valence electrons. The van der Waals surface area contributed by atoms with Crippen LogP contribution in [0, 0.1) is 6.92 Å². The van der Waals surface area contributed by atoms with E-state index in [9.17, 15) is 4.79 Å². The van der Waals surface area contributed by atoms with Crippen molar-refractivity contribution in [2.75, 3.05) is 25.0 Å². The van der Waals surface area contributed by atoms with Gasteiger partial charge in [-0.05, 0) is 25.0 Å². The second-order valence-corrected chi connectivity index (χ2v) is 8.48. The third-order valence-electron chi connectivity index (χ3n) is 6.36. The molecule has 0 saturated carbocycles. The number of likely N-dealkylation sites (tertiary alicyclic amines) is 1. The lowest BCUT2D eigenvalue weighted by Gasteiger charge is -2.34. The second kappa shape index (κ2) is 7.77. The summed E-state index contributed by atoms with van der Waals surface area (Å²) < 4.78 is 7.88. The molecule has 1 spiro atoms. The quantitative estimate of drug-likeness (QED) is 0.701. The lowest BCUT2D eigenvalue weighted by Crippen LogP contribution is -2.41. The number of benzene rings is 1. The van der Waals surface area contributed by atoms with E-state index in [4.69, 9.17) is 9.72 Å². The first kappa shape index (κ1) is 19.7. The van der Waals surface area contributed by atoms with Gasteiger partial charge in [0.2, 0.25) is 5.95 Å². The summed E-state index contributed by atoms with van der Waals surface area (Å²) >= 11 is 0. The monoisotopic (exact) mass is 418 g/mol. The first-order valence-corrected chi connectivity index (χ1v) is 10.5. The number of carbonyl (C=O) groups is 1. The Morgan fingerprint density at radius 1 is 1.29 bits per heavy atom. The molecule has 0 bridgehead atoms. The number of imidazole rings is 1. The normalized spacial score (nSPS) is 20.1. The molecule has 5 rings (SSSR count). The summed E-state index contributed by atoms with van der Waals surface area (Å²) in [5.74, 6) is 0.663. The van der Waals surface area contributed by atoms with Crippen LogP contribution in [-0.2, 0) is 30.4 Å². The lowest BCUT2D eigenvalue weighted by molar-refractivity contribution is 0.0485. The average molecular weight is 419 g/mol. The summed E-state index contributed by atoms with van der Waals surface area (Å²) in [6.07, 6.45) is 6.28. The molecular weight excluding hydrogens is 392 g/mol. The van der Waals surface area contributed by atoms with Crippen LogP contribution >= 0.6 is 0 Å². The molecule has 1 fully saturated rings. The molecule has 2 aromatic heterocycles. The SMILES string of the molecule is Cc1ccccc1C(=O)N1CCC2(COCc3cnc(NCc4cncn4C)nc32)C1. The van der Waals surface area contributed by atoms with Gasteiger partial charge in [0, 0.05) is 43.7 Å². The average Bonchev–Trinajstić information content (AvgIpc) is 3.39. The molecule has 1 amide bonds. The highest BCUT2D eigenvalue weighted by molar-refractivity contribution is 5.95. The number of rotatable bonds is 4. The number of fused-ring (bicyclic) bond motifs is 2. The van der Waals surface area contributed by atoms with Crippen LogP contribution in [0.25, 0.3) is 0 Å². The van der Waals surface area contributed by atoms with Crippen LogP contribution in [0.2, 0.25) is 0 Å². The zero-order valence-electron chi connectivity index (χ0n) is 17.8. The first-order chi connectivity index (χ1) is 15.1. The number of aromatic nitrogens is 4.